The summed E-state index contributed by atoms with van der Waals surface area (Å²) in [4.78, 5) is 12.7. The van der Waals surface area contributed by atoms with Crippen LogP contribution in [-0.4, -0.2) is 19.4 Å². The van der Waals surface area contributed by atoms with E-state index in [9.17, 15) is 4.79 Å². The second-order valence-corrected chi connectivity index (χ2v) is 4.21. The molecule has 1 aromatic carbocycles. The van der Waals surface area contributed by atoms with Crippen LogP contribution in [0, 0.1) is 0 Å². The molecule has 1 rings (SSSR count). The maximum absolute atomic E-state index is 10.6. The fraction of sp³-hybridized carbons (Fsp3) is 0.308. The highest BCUT2D eigenvalue weighted by Crippen LogP contribution is 2.26. The first-order valence-corrected chi connectivity index (χ1v) is 5.60. The minimum atomic E-state index is 0.597. The standard InChI is InChI=1S/C13H16ClNO/c1-4-15(8-10(2)3)13-6-5-11(9-16)7-12(13)14/h5-7,9H,2,4,8H2,1,3H3. The number of likely N-dealkylation sites (N-methyl/N-ethyl adjacent to an activating group) is 1. The molecule has 0 aromatic heterocycles. The van der Waals surface area contributed by atoms with Crippen molar-refractivity contribution in [3.63, 3.8) is 0 Å². The molecule has 0 unspecified atom stereocenters. The Bertz CT molecular complexity index is 401. The molecule has 1 aromatic rings. The number of halogens is 1. The van der Waals surface area contributed by atoms with Crippen LogP contribution < -0.4 is 4.90 Å². The lowest BCUT2D eigenvalue weighted by Gasteiger charge is -2.24. The zero-order valence-corrected chi connectivity index (χ0v) is 10.4. The molecule has 0 saturated carbocycles. The monoisotopic (exact) mass is 237 g/mol. The van der Waals surface area contributed by atoms with E-state index in [1.54, 1.807) is 12.1 Å². The summed E-state index contributed by atoms with van der Waals surface area (Å²) in [5.74, 6) is 0. The molecule has 0 aliphatic heterocycles. The summed E-state index contributed by atoms with van der Waals surface area (Å²) in [6.45, 7) is 9.56. The molecule has 0 aliphatic carbocycles. The van der Waals surface area contributed by atoms with Crippen LogP contribution in [0.15, 0.2) is 30.4 Å². The fourth-order valence-corrected chi connectivity index (χ4v) is 1.85. The van der Waals surface area contributed by atoms with Crippen molar-refractivity contribution in [1.29, 1.82) is 0 Å². The van der Waals surface area contributed by atoms with Gasteiger partial charge >= 0.3 is 0 Å². The van der Waals surface area contributed by atoms with Gasteiger partial charge in [-0.2, -0.15) is 0 Å². The van der Waals surface area contributed by atoms with Gasteiger partial charge in [0.15, 0.2) is 0 Å². The second kappa shape index (κ2) is 5.71. The quantitative estimate of drug-likeness (QED) is 0.577. The number of benzene rings is 1. The van der Waals surface area contributed by atoms with Gasteiger partial charge in [0.1, 0.15) is 6.29 Å². The number of aldehydes is 1. The van der Waals surface area contributed by atoms with Crippen molar-refractivity contribution < 1.29 is 4.79 Å². The Morgan fingerprint density at radius 3 is 2.69 bits per heavy atom. The van der Waals surface area contributed by atoms with Gasteiger partial charge in [0.25, 0.3) is 0 Å². The Morgan fingerprint density at radius 2 is 2.25 bits per heavy atom. The van der Waals surface area contributed by atoms with Gasteiger partial charge in [-0.15, -0.1) is 0 Å². The third-order valence-electron chi connectivity index (χ3n) is 2.29. The Labute approximate surface area is 102 Å². The summed E-state index contributed by atoms with van der Waals surface area (Å²) in [6, 6.07) is 5.33. The van der Waals surface area contributed by atoms with Gasteiger partial charge in [0.2, 0.25) is 0 Å². The van der Waals surface area contributed by atoms with E-state index in [0.717, 1.165) is 30.6 Å². The lowest BCUT2D eigenvalue weighted by atomic mass is 10.2. The van der Waals surface area contributed by atoms with E-state index in [2.05, 4.69) is 18.4 Å². The number of rotatable bonds is 5. The minimum absolute atomic E-state index is 0.597. The lowest BCUT2D eigenvalue weighted by Crippen LogP contribution is -2.24. The van der Waals surface area contributed by atoms with Crippen LogP contribution in [-0.2, 0) is 0 Å². The molecular formula is C13H16ClNO. The van der Waals surface area contributed by atoms with Gasteiger partial charge in [-0.1, -0.05) is 23.8 Å². The zero-order chi connectivity index (χ0) is 12.1. The largest absolute Gasteiger partial charge is 0.367 e. The number of hydrogen-bond donors (Lipinski definition) is 0. The number of anilines is 1. The van der Waals surface area contributed by atoms with Crippen LogP contribution in [0.25, 0.3) is 0 Å². The average Bonchev–Trinajstić information content (AvgIpc) is 2.25. The predicted molar refractivity (Wildman–Crippen MR) is 69.5 cm³/mol. The molecular weight excluding hydrogens is 222 g/mol. The molecule has 0 amide bonds. The minimum Gasteiger partial charge on any atom is -0.367 e. The van der Waals surface area contributed by atoms with Crippen LogP contribution in [0.5, 0.6) is 0 Å². The molecule has 0 atom stereocenters. The number of nitrogens with zero attached hydrogens (tertiary/aromatic N) is 1. The molecule has 0 saturated heterocycles. The highest BCUT2D eigenvalue weighted by molar-refractivity contribution is 6.33. The van der Waals surface area contributed by atoms with Gasteiger partial charge in [0, 0.05) is 18.7 Å². The smallest absolute Gasteiger partial charge is 0.150 e. The summed E-state index contributed by atoms with van der Waals surface area (Å²) in [7, 11) is 0. The van der Waals surface area contributed by atoms with Crippen LogP contribution in [0.3, 0.4) is 0 Å². The van der Waals surface area contributed by atoms with Crippen molar-refractivity contribution >= 4 is 23.6 Å². The van der Waals surface area contributed by atoms with E-state index in [1.807, 2.05) is 13.0 Å². The van der Waals surface area contributed by atoms with Gasteiger partial charge in [-0.05, 0) is 32.0 Å². The summed E-state index contributed by atoms with van der Waals surface area (Å²) >= 11 is 6.13. The van der Waals surface area contributed by atoms with Gasteiger partial charge in [0.05, 0.1) is 10.7 Å². The third kappa shape index (κ3) is 3.11. The Morgan fingerprint density at radius 1 is 1.56 bits per heavy atom. The maximum atomic E-state index is 10.6. The summed E-state index contributed by atoms with van der Waals surface area (Å²) in [5.41, 5.74) is 2.62. The SMILES string of the molecule is C=C(C)CN(CC)c1ccc(C=O)cc1Cl. The fourth-order valence-electron chi connectivity index (χ4n) is 1.55. The highest BCUT2D eigenvalue weighted by atomic mass is 35.5. The van der Waals surface area contributed by atoms with Crippen molar-refractivity contribution in [2.75, 3.05) is 18.0 Å². The molecule has 0 heterocycles. The van der Waals surface area contributed by atoms with Crippen molar-refractivity contribution in [1.82, 2.24) is 0 Å². The summed E-state index contributed by atoms with van der Waals surface area (Å²) in [5, 5.41) is 0.604. The molecule has 0 spiro atoms. The molecule has 2 nitrogen and oxygen atoms in total. The molecule has 0 fully saturated rings. The van der Waals surface area contributed by atoms with E-state index in [-0.39, 0.29) is 0 Å². The number of hydrogen-bond acceptors (Lipinski definition) is 2. The predicted octanol–water partition coefficient (Wildman–Crippen LogP) is 3.55. The first kappa shape index (κ1) is 12.8. The normalized spacial score (nSPS) is 9.94. The van der Waals surface area contributed by atoms with Crippen molar-refractivity contribution in [3.8, 4) is 0 Å². The first-order chi connectivity index (χ1) is 7.58. The zero-order valence-electron chi connectivity index (χ0n) is 9.66. The van der Waals surface area contributed by atoms with E-state index in [4.69, 9.17) is 11.6 Å². The topological polar surface area (TPSA) is 20.3 Å². The summed E-state index contributed by atoms with van der Waals surface area (Å²) in [6.07, 6.45) is 0.796. The Balaban J connectivity index is 3.01. The number of carbonyl (C=O) groups excluding carboxylic acids is 1. The molecule has 0 N–H and O–H groups in total. The summed E-state index contributed by atoms with van der Waals surface area (Å²) < 4.78 is 0. The van der Waals surface area contributed by atoms with Gasteiger partial charge < -0.3 is 4.90 Å². The Hall–Kier alpha value is -1.28. The van der Waals surface area contributed by atoms with Gasteiger partial charge in [-0.3, -0.25) is 4.79 Å². The Kier molecular flexibility index (Phi) is 4.56. The van der Waals surface area contributed by atoms with E-state index in [1.165, 1.54) is 0 Å². The van der Waals surface area contributed by atoms with Crippen molar-refractivity contribution in [2.24, 2.45) is 0 Å². The van der Waals surface area contributed by atoms with Gasteiger partial charge in [-0.25, -0.2) is 0 Å². The molecule has 86 valence electrons. The maximum Gasteiger partial charge on any atom is 0.150 e. The molecule has 16 heavy (non-hydrogen) atoms. The van der Waals surface area contributed by atoms with E-state index in [0.29, 0.717) is 10.6 Å². The molecule has 0 bridgehead atoms. The lowest BCUT2D eigenvalue weighted by molar-refractivity contribution is 0.112. The van der Waals surface area contributed by atoms with Crippen molar-refractivity contribution in [2.45, 2.75) is 13.8 Å². The highest BCUT2D eigenvalue weighted by Gasteiger charge is 2.09. The average molecular weight is 238 g/mol. The number of carbonyl (C=O) groups is 1. The third-order valence-corrected chi connectivity index (χ3v) is 2.59. The molecule has 0 aliphatic rings. The van der Waals surface area contributed by atoms with Crippen LogP contribution in [0.4, 0.5) is 5.69 Å². The molecule has 0 radical (unpaired) electrons. The van der Waals surface area contributed by atoms with Crippen molar-refractivity contribution in [3.05, 3.63) is 40.9 Å². The molecule has 3 heteroatoms. The first-order valence-electron chi connectivity index (χ1n) is 5.22. The second-order valence-electron chi connectivity index (χ2n) is 3.80. The van der Waals surface area contributed by atoms with Crippen LogP contribution in [0.1, 0.15) is 24.2 Å². The van der Waals surface area contributed by atoms with Crippen LogP contribution in [0.2, 0.25) is 5.02 Å². The van der Waals surface area contributed by atoms with Crippen LogP contribution >= 0.6 is 11.6 Å². The van der Waals surface area contributed by atoms with E-state index < -0.39 is 0 Å². The van der Waals surface area contributed by atoms with E-state index >= 15 is 0 Å².